The SMILES string of the molecule is COc1cccc(C(=O)N[C@@H]2CCOC[C@H]2OCc2c(C)noc2C)c1. The normalized spacial score (nSPS) is 20.0. The van der Waals surface area contributed by atoms with Gasteiger partial charge in [0.1, 0.15) is 17.6 Å². The van der Waals surface area contributed by atoms with E-state index in [0.29, 0.717) is 37.6 Å². The van der Waals surface area contributed by atoms with E-state index in [1.54, 1.807) is 31.4 Å². The topological polar surface area (TPSA) is 82.8 Å². The van der Waals surface area contributed by atoms with Crippen LogP contribution in [-0.2, 0) is 16.1 Å². The third-order valence-corrected chi connectivity index (χ3v) is 4.58. The van der Waals surface area contributed by atoms with Gasteiger partial charge in [-0.2, -0.15) is 0 Å². The van der Waals surface area contributed by atoms with E-state index in [9.17, 15) is 4.79 Å². The van der Waals surface area contributed by atoms with Gasteiger partial charge >= 0.3 is 0 Å². The Morgan fingerprint density at radius 2 is 2.23 bits per heavy atom. The van der Waals surface area contributed by atoms with Gasteiger partial charge in [-0.15, -0.1) is 0 Å². The first-order valence-electron chi connectivity index (χ1n) is 8.64. The third-order valence-electron chi connectivity index (χ3n) is 4.58. The van der Waals surface area contributed by atoms with Gasteiger partial charge in [0.2, 0.25) is 0 Å². The van der Waals surface area contributed by atoms with E-state index < -0.39 is 0 Å². The Hall–Kier alpha value is -2.38. The lowest BCUT2D eigenvalue weighted by Crippen LogP contribution is -2.50. The van der Waals surface area contributed by atoms with E-state index in [1.807, 2.05) is 13.8 Å². The van der Waals surface area contributed by atoms with Crippen molar-refractivity contribution in [3.63, 3.8) is 0 Å². The van der Waals surface area contributed by atoms with Gasteiger partial charge in [0, 0.05) is 17.7 Å². The Morgan fingerprint density at radius 3 is 2.96 bits per heavy atom. The zero-order valence-corrected chi connectivity index (χ0v) is 15.3. The summed E-state index contributed by atoms with van der Waals surface area (Å²) in [4.78, 5) is 12.6. The van der Waals surface area contributed by atoms with Crippen molar-refractivity contribution in [2.75, 3.05) is 20.3 Å². The summed E-state index contributed by atoms with van der Waals surface area (Å²) in [7, 11) is 1.58. The molecular formula is C19H24N2O5. The molecule has 0 aliphatic carbocycles. The predicted octanol–water partition coefficient (Wildman–Crippen LogP) is 2.40. The number of aromatic nitrogens is 1. The number of rotatable bonds is 6. The number of nitrogens with zero attached hydrogens (tertiary/aromatic N) is 1. The Balaban J connectivity index is 1.64. The average molecular weight is 360 g/mol. The zero-order chi connectivity index (χ0) is 18.5. The second-order valence-corrected chi connectivity index (χ2v) is 6.33. The third kappa shape index (κ3) is 4.23. The fraction of sp³-hybridized carbons (Fsp3) is 0.474. The molecule has 0 radical (unpaired) electrons. The molecule has 2 heterocycles. The van der Waals surface area contributed by atoms with Gasteiger partial charge in [-0.25, -0.2) is 0 Å². The van der Waals surface area contributed by atoms with Crippen molar-refractivity contribution in [3.8, 4) is 5.75 Å². The highest BCUT2D eigenvalue weighted by atomic mass is 16.5. The van der Waals surface area contributed by atoms with Crippen LogP contribution in [0.2, 0.25) is 0 Å². The second-order valence-electron chi connectivity index (χ2n) is 6.33. The Labute approximate surface area is 152 Å². The smallest absolute Gasteiger partial charge is 0.251 e. The number of hydrogen-bond donors (Lipinski definition) is 1. The maximum absolute atomic E-state index is 12.6. The first-order chi connectivity index (χ1) is 12.6. The molecule has 2 atom stereocenters. The lowest BCUT2D eigenvalue weighted by molar-refractivity contribution is -0.0739. The molecule has 1 N–H and O–H groups in total. The minimum absolute atomic E-state index is 0.122. The van der Waals surface area contributed by atoms with Crippen molar-refractivity contribution >= 4 is 5.91 Å². The fourth-order valence-corrected chi connectivity index (χ4v) is 2.96. The summed E-state index contributed by atoms with van der Waals surface area (Å²) in [6, 6.07) is 6.96. The van der Waals surface area contributed by atoms with E-state index in [1.165, 1.54) is 0 Å². The second kappa shape index (κ2) is 8.33. The average Bonchev–Trinajstić information content (AvgIpc) is 2.99. The Morgan fingerprint density at radius 1 is 1.38 bits per heavy atom. The highest BCUT2D eigenvalue weighted by molar-refractivity contribution is 5.94. The molecule has 26 heavy (non-hydrogen) atoms. The molecule has 7 heteroatoms. The van der Waals surface area contributed by atoms with Crippen LogP contribution in [0, 0.1) is 13.8 Å². The van der Waals surface area contributed by atoms with Crippen molar-refractivity contribution in [3.05, 3.63) is 46.8 Å². The van der Waals surface area contributed by atoms with Crippen LogP contribution >= 0.6 is 0 Å². The monoisotopic (exact) mass is 360 g/mol. The largest absolute Gasteiger partial charge is 0.497 e. The number of nitrogens with one attached hydrogen (secondary N) is 1. The van der Waals surface area contributed by atoms with Crippen molar-refractivity contribution in [1.29, 1.82) is 0 Å². The lowest BCUT2D eigenvalue weighted by Gasteiger charge is -2.32. The highest BCUT2D eigenvalue weighted by Gasteiger charge is 2.29. The number of carbonyl (C=O) groups excluding carboxylic acids is 1. The quantitative estimate of drug-likeness (QED) is 0.852. The molecule has 1 aliphatic rings. The van der Waals surface area contributed by atoms with Gasteiger partial charge in [-0.1, -0.05) is 11.2 Å². The van der Waals surface area contributed by atoms with Crippen LogP contribution in [0.15, 0.2) is 28.8 Å². The summed E-state index contributed by atoms with van der Waals surface area (Å²) in [6.45, 7) is 5.15. The van der Waals surface area contributed by atoms with Crippen LogP contribution < -0.4 is 10.1 Å². The number of methoxy groups -OCH3 is 1. The number of aryl methyl sites for hydroxylation is 2. The van der Waals surface area contributed by atoms with E-state index in [4.69, 9.17) is 18.7 Å². The number of hydrogen-bond acceptors (Lipinski definition) is 6. The van der Waals surface area contributed by atoms with E-state index in [-0.39, 0.29) is 18.1 Å². The number of amides is 1. The van der Waals surface area contributed by atoms with Crippen LogP contribution in [0.3, 0.4) is 0 Å². The van der Waals surface area contributed by atoms with Gasteiger partial charge in [0.25, 0.3) is 5.91 Å². The minimum Gasteiger partial charge on any atom is -0.497 e. The molecule has 140 valence electrons. The number of benzene rings is 1. The molecule has 1 saturated heterocycles. The lowest BCUT2D eigenvalue weighted by atomic mass is 10.0. The van der Waals surface area contributed by atoms with Gasteiger partial charge in [0.15, 0.2) is 0 Å². The standard InChI is InChI=1S/C19H24N2O5/c1-12-16(13(2)26-21-12)10-25-18-11-24-8-7-17(18)20-19(22)14-5-4-6-15(9-14)23-3/h4-6,9,17-18H,7-8,10-11H2,1-3H3,(H,20,22)/t17-,18-/m1/s1. The molecule has 7 nitrogen and oxygen atoms in total. The van der Waals surface area contributed by atoms with E-state index in [0.717, 1.165) is 17.0 Å². The molecule has 1 fully saturated rings. The summed E-state index contributed by atoms with van der Waals surface area (Å²) in [5.41, 5.74) is 2.31. The maximum Gasteiger partial charge on any atom is 0.251 e. The number of ether oxygens (including phenoxy) is 3. The summed E-state index contributed by atoms with van der Waals surface area (Å²) in [5, 5.41) is 6.99. The molecule has 0 unspecified atom stereocenters. The molecular weight excluding hydrogens is 336 g/mol. The van der Waals surface area contributed by atoms with Crippen molar-refractivity contribution in [2.45, 2.75) is 39.0 Å². The summed E-state index contributed by atoms with van der Waals surface area (Å²) < 4.78 is 21.9. The molecule has 0 saturated carbocycles. The van der Waals surface area contributed by atoms with Crippen LogP contribution in [0.1, 0.15) is 33.8 Å². The molecule has 2 aromatic rings. The predicted molar refractivity (Wildman–Crippen MR) is 94.2 cm³/mol. The van der Waals surface area contributed by atoms with E-state index >= 15 is 0 Å². The molecule has 0 spiro atoms. The van der Waals surface area contributed by atoms with Gasteiger partial charge in [-0.3, -0.25) is 4.79 Å². The Bertz CT molecular complexity index is 739. The highest BCUT2D eigenvalue weighted by Crippen LogP contribution is 2.19. The molecule has 3 rings (SSSR count). The van der Waals surface area contributed by atoms with Crippen LogP contribution in [0.5, 0.6) is 5.75 Å². The number of carbonyl (C=O) groups is 1. The van der Waals surface area contributed by atoms with Crippen molar-refractivity contribution in [2.24, 2.45) is 0 Å². The summed E-state index contributed by atoms with van der Waals surface area (Å²) in [6.07, 6.45) is 0.467. The van der Waals surface area contributed by atoms with Crippen LogP contribution in [0.25, 0.3) is 0 Å². The Kier molecular flexibility index (Phi) is 5.90. The van der Waals surface area contributed by atoms with Gasteiger partial charge in [-0.05, 0) is 38.5 Å². The first kappa shape index (κ1) is 18.4. The van der Waals surface area contributed by atoms with E-state index in [2.05, 4.69) is 10.5 Å². The molecule has 0 bridgehead atoms. The van der Waals surface area contributed by atoms with Crippen molar-refractivity contribution < 1.29 is 23.5 Å². The summed E-state index contributed by atoms with van der Waals surface area (Å²) >= 11 is 0. The minimum atomic E-state index is -0.230. The maximum atomic E-state index is 12.6. The molecule has 1 aromatic heterocycles. The van der Waals surface area contributed by atoms with Crippen LogP contribution in [0.4, 0.5) is 0 Å². The zero-order valence-electron chi connectivity index (χ0n) is 15.3. The van der Waals surface area contributed by atoms with Gasteiger partial charge < -0.3 is 24.1 Å². The molecule has 1 aliphatic heterocycles. The first-order valence-corrected chi connectivity index (χ1v) is 8.64. The van der Waals surface area contributed by atoms with Gasteiger partial charge in [0.05, 0.1) is 32.1 Å². The van der Waals surface area contributed by atoms with Crippen molar-refractivity contribution in [1.82, 2.24) is 10.5 Å². The summed E-state index contributed by atoms with van der Waals surface area (Å²) in [5.74, 6) is 1.24. The van der Waals surface area contributed by atoms with Crippen LogP contribution in [-0.4, -0.2) is 43.5 Å². The molecule has 1 amide bonds. The molecule has 1 aromatic carbocycles. The fourth-order valence-electron chi connectivity index (χ4n) is 2.96.